The van der Waals surface area contributed by atoms with E-state index in [0.717, 1.165) is 18.2 Å². The molecule has 1 amide bonds. The van der Waals surface area contributed by atoms with Crippen molar-refractivity contribution in [3.63, 3.8) is 0 Å². The average Bonchev–Trinajstić information content (AvgIpc) is 2.54. The van der Waals surface area contributed by atoms with E-state index in [0.29, 0.717) is 18.8 Å². The number of aromatic nitrogens is 1. The van der Waals surface area contributed by atoms with Gasteiger partial charge in [-0.1, -0.05) is 13.8 Å². The number of nitrogens with zero attached hydrogens (tertiary/aromatic N) is 1. The summed E-state index contributed by atoms with van der Waals surface area (Å²) < 4.78 is 38.6. The number of nitrogens with one attached hydrogen (secondary N) is 1. The van der Waals surface area contributed by atoms with Crippen molar-refractivity contribution in [1.29, 1.82) is 0 Å². The third kappa shape index (κ3) is 3.90. The molecule has 3 N–H and O–H groups in total. The number of H-pyrrole nitrogens is 1. The Morgan fingerprint density at radius 1 is 1.23 bits per heavy atom. The molecule has 0 radical (unpaired) electrons. The van der Waals surface area contributed by atoms with Gasteiger partial charge in [0.2, 0.25) is 5.91 Å². The summed E-state index contributed by atoms with van der Waals surface area (Å²) in [7, 11) is 0. The number of halogens is 3. The van der Waals surface area contributed by atoms with Gasteiger partial charge in [-0.3, -0.25) is 9.59 Å². The summed E-state index contributed by atoms with van der Waals surface area (Å²) in [5.41, 5.74) is 4.61. The van der Waals surface area contributed by atoms with Gasteiger partial charge in [0.05, 0.1) is 11.5 Å². The number of primary amides is 1. The van der Waals surface area contributed by atoms with E-state index in [1.54, 1.807) is 0 Å². The molecule has 0 bridgehead atoms. The van der Waals surface area contributed by atoms with Gasteiger partial charge >= 0.3 is 6.18 Å². The predicted octanol–water partition coefficient (Wildman–Crippen LogP) is 2.85. The number of hydrogen-bond acceptors (Lipinski definition) is 3. The fourth-order valence-electron chi connectivity index (χ4n) is 3.27. The van der Waals surface area contributed by atoms with Gasteiger partial charge in [-0.15, -0.1) is 0 Å². The number of carbonyl (C=O) groups excluding carboxylic acids is 1. The van der Waals surface area contributed by atoms with Crippen LogP contribution in [0.2, 0.25) is 0 Å². The van der Waals surface area contributed by atoms with Crippen LogP contribution in [-0.2, 0) is 11.0 Å². The van der Waals surface area contributed by atoms with Crippen molar-refractivity contribution >= 4 is 16.8 Å². The number of likely N-dealkylation sites (N-methyl/N-ethyl adjacent to an activating group) is 1. The molecule has 1 aromatic heterocycles. The average molecular weight is 369 g/mol. The van der Waals surface area contributed by atoms with E-state index in [1.165, 1.54) is 6.07 Å². The van der Waals surface area contributed by atoms with Crippen molar-refractivity contribution in [2.45, 2.75) is 38.9 Å². The Bertz CT molecular complexity index is 857. The quantitative estimate of drug-likeness (QED) is 0.822. The Morgan fingerprint density at radius 3 is 2.35 bits per heavy atom. The smallest absolute Gasteiger partial charge is 0.369 e. The standard InChI is InChI=1S/C18H22F3N3O2/c1-4-24(5-2)10(3)16(17(22)26)14-9-15(25)12-8-11(18(19,20)21)6-7-13(12)23-14/h6-10,16H,4-5H2,1-3H3,(H2,22,26)(H,23,25)/t10?,16-/m0/s1. The van der Waals surface area contributed by atoms with E-state index in [4.69, 9.17) is 5.73 Å². The first-order chi connectivity index (χ1) is 12.1. The Balaban J connectivity index is 2.58. The Labute approximate surface area is 149 Å². The van der Waals surface area contributed by atoms with E-state index in [-0.39, 0.29) is 16.9 Å². The van der Waals surface area contributed by atoms with Gasteiger partial charge in [-0.25, -0.2) is 0 Å². The highest BCUT2D eigenvalue weighted by Gasteiger charge is 2.32. The van der Waals surface area contributed by atoms with Crippen LogP contribution in [0.15, 0.2) is 29.1 Å². The second-order valence-corrected chi connectivity index (χ2v) is 6.19. The molecule has 26 heavy (non-hydrogen) atoms. The zero-order valence-electron chi connectivity index (χ0n) is 14.9. The maximum atomic E-state index is 12.9. The van der Waals surface area contributed by atoms with Crippen LogP contribution in [0.1, 0.15) is 37.9 Å². The Hall–Kier alpha value is -2.35. The predicted molar refractivity (Wildman–Crippen MR) is 93.9 cm³/mol. The monoisotopic (exact) mass is 369 g/mol. The lowest BCUT2D eigenvalue weighted by Crippen LogP contribution is -2.43. The summed E-state index contributed by atoms with van der Waals surface area (Å²) in [4.78, 5) is 29.4. The fourth-order valence-corrected chi connectivity index (χ4v) is 3.27. The van der Waals surface area contributed by atoms with E-state index in [2.05, 4.69) is 4.98 Å². The summed E-state index contributed by atoms with van der Waals surface area (Å²) in [6.45, 7) is 7.10. The molecule has 0 saturated carbocycles. The zero-order chi connectivity index (χ0) is 19.6. The number of alkyl halides is 3. The topological polar surface area (TPSA) is 79.2 Å². The van der Waals surface area contributed by atoms with Gasteiger partial charge in [0, 0.05) is 28.7 Å². The van der Waals surface area contributed by atoms with Crippen LogP contribution in [0.25, 0.3) is 10.9 Å². The number of nitrogens with two attached hydrogens (primary N) is 1. The summed E-state index contributed by atoms with van der Waals surface area (Å²) >= 11 is 0. The van der Waals surface area contributed by atoms with Gasteiger partial charge in [-0.05, 0) is 38.2 Å². The minimum absolute atomic E-state index is 0.0812. The molecule has 8 heteroatoms. The minimum Gasteiger partial charge on any atom is -0.369 e. The third-order valence-corrected chi connectivity index (χ3v) is 4.69. The van der Waals surface area contributed by atoms with Gasteiger partial charge < -0.3 is 15.6 Å². The molecule has 0 aliphatic carbocycles. The van der Waals surface area contributed by atoms with Gasteiger partial charge in [0.1, 0.15) is 0 Å². The van der Waals surface area contributed by atoms with Crippen LogP contribution in [0.4, 0.5) is 13.2 Å². The molecule has 0 aliphatic rings. The first kappa shape index (κ1) is 20.0. The van der Waals surface area contributed by atoms with Crippen LogP contribution in [0.5, 0.6) is 0 Å². The first-order valence-corrected chi connectivity index (χ1v) is 8.37. The number of pyridine rings is 1. The molecule has 2 rings (SSSR count). The van der Waals surface area contributed by atoms with Crippen molar-refractivity contribution in [3.8, 4) is 0 Å². The van der Waals surface area contributed by atoms with Crippen LogP contribution in [-0.4, -0.2) is 34.9 Å². The van der Waals surface area contributed by atoms with Crippen molar-refractivity contribution in [2.75, 3.05) is 13.1 Å². The van der Waals surface area contributed by atoms with Gasteiger partial charge in [-0.2, -0.15) is 13.2 Å². The fraction of sp³-hybridized carbons (Fsp3) is 0.444. The lowest BCUT2D eigenvalue weighted by molar-refractivity contribution is -0.137. The molecule has 5 nitrogen and oxygen atoms in total. The highest BCUT2D eigenvalue weighted by molar-refractivity contribution is 5.84. The molecule has 0 fully saturated rings. The number of amides is 1. The maximum absolute atomic E-state index is 12.9. The molecule has 0 saturated heterocycles. The highest BCUT2D eigenvalue weighted by Crippen LogP contribution is 2.31. The van der Waals surface area contributed by atoms with Crippen molar-refractivity contribution in [2.24, 2.45) is 5.73 Å². The van der Waals surface area contributed by atoms with Crippen LogP contribution >= 0.6 is 0 Å². The summed E-state index contributed by atoms with van der Waals surface area (Å²) in [6.07, 6.45) is -4.54. The second-order valence-electron chi connectivity index (χ2n) is 6.19. The van der Waals surface area contributed by atoms with E-state index in [9.17, 15) is 22.8 Å². The SMILES string of the molecule is CCN(CC)C(C)[C@H](C(N)=O)c1cc(=O)c2cc(C(F)(F)F)ccc2[nH]1. The summed E-state index contributed by atoms with van der Waals surface area (Å²) in [5, 5.41) is -0.0812. The molecule has 1 aromatic carbocycles. The lowest BCUT2D eigenvalue weighted by Gasteiger charge is -2.31. The number of hydrogen-bond donors (Lipinski definition) is 2. The summed E-state index contributed by atoms with van der Waals surface area (Å²) in [5.74, 6) is -1.39. The molecule has 2 atom stereocenters. The van der Waals surface area contributed by atoms with Crippen LogP contribution in [0, 0.1) is 0 Å². The number of carbonyl (C=O) groups is 1. The van der Waals surface area contributed by atoms with Gasteiger partial charge in [0.25, 0.3) is 0 Å². The normalized spacial score (nSPS) is 14.6. The van der Waals surface area contributed by atoms with E-state index in [1.807, 2.05) is 25.7 Å². The lowest BCUT2D eigenvalue weighted by atomic mass is 9.93. The first-order valence-electron chi connectivity index (χ1n) is 8.37. The minimum atomic E-state index is -4.54. The van der Waals surface area contributed by atoms with Crippen molar-refractivity contribution in [3.05, 3.63) is 45.7 Å². The maximum Gasteiger partial charge on any atom is 0.416 e. The zero-order valence-corrected chi connectivity index (χ0v) is 14.9. The van der Waals surface area contributed by atoms with E-state index < -0.39 is 29.0 Å². The third-order valence-electron chi connectivity index (χ3n) is 4.69. The molecule has 0 spiro atoms. The Kier molecular flexibility index (Phi) is 5.75. The second kappa shape index (κ2) is 7.49. The molecular weight excluding hydrogens is 347 g/mol. The number of aromatic amines is 1. The number of benzene rings is 1. The molecule has 1 unspecified atom stereocenters. The molecule has 2 aromatic rings. The molecular formula is C18H22F3N3O2. The van der Waals surface area contributed by atoms with Gasteiger partial charge in [0.15, 0.2) is 5.43 Å². The van der Waals surface area contributed by atoms with Crippen molar-refractivity contribution in [1.82, 2.24) is 9.88 Å². The molecule has 0 aliphatic heterocycles. The molecule has 142 valence electrons. The Morgan fingerprint density at radius 2 is 1.85 bits per heavy atom. The molecule has 1 heterocycles. The largest absolute Gasteiger partial charge is 0.416 e. The highest BCUT2D eigenvalue weighted by atomic mass is 19.4. The van der Waals surface area contributed by atoms with Crippen LogP contribution < -0.4 is 11.2 Å². The summed E-state index contributed by atoms with van der Waals surface area (Å²) in [6, 6.07) is 3.80. The van der Waals surface area contributed by atoms with Crippen molar-refractivity contribution < 1.29 is 18.0 Å². The van der Waals surface area contributed by atoms with E-state index >= 15 is 0 Å². The number of fused-ring (bicyclic) bond motifs is 1. The van der Waals surface area contributed by atoms with Crippen LogP contribution in [0.3, 0.4) is 0 Å². The number of rotatable bonds is 6.